The van der Waals surface area contributed by atoms with Crippen LogP contribution >= 0.6 is 45.3 Å². The Bertz CT molecular complexity index is 2670. The molecule has 0 spiro atoms. The number of thiazole rings is 2. The van der Waals surface area contributed by atoms with E-state index in [2.05, 4.69) is 25.5 Å². The molecule has 23 heteroatoms. The molecule has 3 amide bonds. The van der Waals surface area contributed by atoms with Crippen LogP contribution in [-0.4, -0.2) is 89.6 Å². The molecule has 6 aromatic rings. The van der Waals surface area contributed by atoms with Crippen molar-refractivity contribution in [2.24, 2.45) is 11.5 Å². The summed E-state index contributed by atoms with van der Waals surface area (Å²) in [7, 11) is 0. The van der Waals surface area contributed by atoms with Gasteiger partial charge in [-0.2, -0.15) is 26.3 Å². The van der Waals surface area contributed by atoms with Gasteiger partial charge < -0.3 is 37.2 Å². The van der Waals surface area contributed by atoms with Crippen LogP contribution in [-0.2, 0) is 9.59 Å². The van der Waals surface area contributed by atoms with Gasteiger partial charge >= 0.3 is 18.3 Å². The van der Waals surface area contributed by atoms with Crippen molar-refractivity contribution >= 4 is 91.6 Å². The number of thiophene rings is 2. The Kier molecular flexibility index (Phi) is 15.7. The maximum atomic E-state index is 13.0. The van der Waals surface area contributed by atoms with E-state index in [9.17, 15) is 45.5 Å². The van der Waals surface area contributed by atoms with E-state index in [0.29, 0.717) is 28.6 Å². The van der Waals surface area contributed by atoms with Gasteiger partial charge in [0, 0.05) is 61.0 Å². The second kappa shape index (κ2) is 21.3. The molecule has 68 heavy (non-hydrogen) atoms. The molecular weight excluding hydrogens is 973 g/mol. The average molecular weight is 1020 g/mol. The fourth-order valence-corrected chi connectivity index (χ4v) is 10.9. The van der Waals surface area contributed by atoms with Gasteiger partial charge in [-0.15, -0.1) is 45.3 Å². The van der Waals surface area contributed by atoms with Gasteiger partial charge in [-0.3, -0.25) is 19.2 Å². The number of alkyl halides is 6. The molecule has 0 unspecified atom stereocenters. The van der Waals surface area contributed by atoms with Crippen LogP contribution in [0.15, 0.2) is 94.3 Å². The molecule has 2 aromatic carbocycles. The SMILES string of the molecule is NCC1(N)CCN(c2ccccc2NC(=O)c2csc(-c3cccs3)n2)CC1.O=C(Nc1ccccc1N1CCC(CCC(=O)C(F)(F)F)(NC(=O)C(F)(F)F)CC1)c1csc(-c2cccs2)n1. The molecule has 4 aromatic heterocycles. The van der Waals surface area contributed by atoms with Crippen molar-refractivity contribution in [1.82, 2.24) is 15.3 Å². The molecular formula is C45H45F6N9O4S4. The third-order valence-electron chi connectivity index (χ3n) is 11.6. The third kappa shape index (κ3) is 12.5. The minimum atomic E-state index is -5.24. The molecule has 0 radical (unpaired) electrons. The molecule has 2 fully saturated rings. The standard InChI is InChI=1S/C25H22F6N4O3S2.C20H23N5OS2/c26-24(27,28)19(36)7-8-23(34-22(38)25(29,30)31)9-11-35(12-10-23)17-5-2-1-4-15(17)32-20(37)16-14-40-21(33-16)18-6-3-13-39-18;21-13-20(22)7-9-25(10-8-20)16-5-2-1-4-14(16)23-18(26)15-12-28-19(24-15)17-6-3-11-27-17/h1-6,13-14H,7-12H2,(H,32,37)(H,34,38);1-6,11-12H,7-10,13,21-22H2,(H,23,26). The number of nitrogens with one attached hydrogen (secondary N) is 3. The summed E-state index contributed by atoms with van der Waals surface area (Å²) in [6, 6.07) is 22.3. The quantitative estimate of drug-likeness (QED) is 0.0698. The number of Topliss-reactive ketones (excluding diaryl/α,β-unsaturated/α-hetero) is 1. The molecule has 13 nitrogen and oxygen atoms in total. The van der Waals surface area contributed by atoms with Gasteiger partial charge in [-0.1, -0.05) is 36.4 Å². The van der Waals surface area contributed by atoms with Crippen LogP contribution in [0.1, 0.15) is 59.5 Å². The van der Waals surface area contributed by atoms with Gasteiger partial charge in [0.25, 0.3) is 11.8 Å². The molecule has 0 aliphatic carbocycles. The fourth-order valence-electron chi connectivity index (χ4n) is 7.68. The summed E-state index contributed by atoms with van der Waals surface area (Å²) in [6.07, 6.45) is -10.7. The molecule has 360 valence electrons. The molecule has 2 aliphatic heterocycles. The Morgan fingerprint density at radius 1 is 0.632 bits per heavy atom. The van der Waals surface area contributed by atoms with E-state index in [-0.39, 0.29) is 43.1 Å². The molecule has 0 saturated carbocycles. The van der Waals surface area contributed by atoms with E-state index in [1.165, 1.54) is 34.0 Å². The van der Waals surface area contributed by atoms with E-state index >= 15 is 0 Å². The number of anilines is 4. The second-order valence-corrected chi connectivity index (χ2v) is 19.8. The Labute approximate surface area is 402 Å². The van der Waals surface area contributed by atoms with E-state index in [1.807, 2.05) is 64.6 Å². The highest BCUT2D eigenvalue weighted by molar-refractivity contribution is 7.20. The summed E-state index contributed by atoms with van der Waals surface area (Å²) in [4.78, 5) is 63.7. The Hall–Kier alpha value is -5.72. The normalized spacial score (nSPS) is 15.8. The van der Waals surface area contributed by atoms with Crippen molar-refractivity contribution in [3.8, 4) is 19.8 Å². The first-order valence-corrected chi connectivity index (χ1v) is 24.6. The van der Waals surface area contributed by atoms with Crippen LogP contribution in [0.2, 0.25) is 0 Å². The van der Waals surface area contributed by atoms with Gasteiger partial charge in [0.1, 0.15) is 21.4 Å². The predicted molar refractivity (Wildman–Crippen MR) is 256 cm³/mol. The Balaban J connectivity index is 0.000000214. The number of hydrogen-bond acceptors (Lipinski definition) is 14. The minimum absolute atomic E-state index is 0.0461. The number of para-hydroxylation sites is 4. The Morgan fingerprint density at radius 3 is 1.50 bits per heavy atom. The lowest BCUT2D eigenvalue weighted by Crippen LogP contribution is -2.58. The highest BCUT2D eigenvalue weighted by Crippen LogP contribution is 2.37. The first kappa shape index (κ1) is 50.2. The van der Waals surface area contributed by atoms with Crippen LogP contribution in [0.3, 0.4) is 0 Å². The Morgan fingerprint density at radius 2 is 1.09 bits per heavy atom. The van der Waals surface area contributed by atoms with Crippen molar-refractivity contribution < 1.29 is 45.5 Å². The van der Waals surface area contributed by atoms with Crippen molar-refractivity contribution in [2.75, 3.05) is 53.2 Å². The zero-order valence-corrected chi connectivity index (χ0v) is 39.3. The van der Waals surface area contributed by atoms with Crippen LogP contribution in [0.4, 0.5) is 49.1 Å². The maximum absolute atomic E-state index is 13.0. The number of carbonyl (C=O) groups excluding carboxylic acids is 4. The predicted octanol–water partition coefficient (Wildman–Crippen LogP) is 9.43. The number of rotatable bonds is 13. The van der Waals surface area contributed by atoms with E-state index in [0.717, 1.165) is 52.1 Å². The molecule has 8 rings (SSSR count). The highest BCUT2D eigenvalue weighted by atomic mass is 32.1. The first-order chi connectivity index (χ1) is 32.3. The summed E-state index contributed by atoms with van der Waals surface area (Å²) in [5, 5.41) is 16.5. The smallest absolute Gasteiger partial charge is 0.370 e. The minimum Gasteiger partial charge on any atom is -0.370 e. The second-order valence-electron chi connectivity index (χ2n) is 16.2. The van der Waals surface area contributed by atoms with E-state index in [4.69, 9.17) is 11.5 Å². The number of benzene rings is 2. The lowest BCUT2D eigenvalue weighted by Gasteiger charge is -2.43. The van der Waals surface area contributed by atoms with Crippen molar-refractivity contribution in [2.45, 2.75) is 62.0 Å². The largest absolute Gasteiger partial charge is 0.471 e. The molecule has 0 bridgehead atoms. The summed E-state index contributed by atoms with van der Waals surface area (Å²) < 4.78 is 77.2. The number of aromatic nitrogens is 2. The summed E-state index contributed by atoms with van der Waals surface area (Å²) in [5.74, 6) is -5.02. The van der Waals surface area contributed by atoms with Crippen LogP contribution in [0, 0.1) is 0 Å². The third-order valence-corrected chi connectivity index (χ3v) is 15.4. The number of nitrogens with zero attached hydrogens (tertiary/aromatic N) is 4. The van der Waals surface area contributed by atoms with E-state index in [1.54, 1.807) is 51.3 Å². The maximum Gasteiger partial charge on any atom is 0.471 e. The topological polar surface area (TPSA) is 189 Å². The lowest BCUT2D eigenvalue weighted by molar-refractivity contribution is -0.177. The van der Waals surface area contributed by atoms with Gasteiger partial charge in [-0.05, 0) is 79.3 Å². The number of ketones is 1. The van der Waals surface area contributed by atoms with Gasteiger partial charge in [0.2, 0.25) is 5.78 Å². The summed E-state index contributed by atoms with van der Waals surface area (Å²) in [6.45, 7) is 2.23. The average Bonchev–Trinajstić information content (AvgIpc) is 4.18. The highest BCUT2D eigenvalue weighted by Gasteiger charge is 2.47. The number of amides is 3. The zero-order valence-electron chi connectivity index (χ0n) is 36.0. The van der Waals surface area contributed by atoms with Crippen molar-refractivity contribution in [1.29, 1.82) is 0 Å². The molecule has 7 N–H and O–H groups in total. The number of carbonyl (C=O) groups is 4. The monoisotopic (exact) mass is 1020 g/mol. The van der Waals surface area contributed by atoms with Crippen LogP contribution in [0.25, 0.3) is 19.8 Å². The molecule has 2 saturated heterocycles. The van der Waals surface area contributed by atoms with Gasteiger partial charge in [0.15, 0.2) is 0 Å². The number of piperidine rings is 2. The lowest BCUT2D eigenvalue weighted by atomic mass is 9.82. The van der Waals surface area contributed by atoms with Crippen molar-refractivity contribution in [3.05, 3.63) is 106 Å². The zero-order chi connectivity index (χ0) is 48.7. The molecule has 0 atom stereocenters. The summed E-state index contributed by atoms with van der Waals surface area (Å²) in [5.41, 5.74) is 13.5. The van der Waals surface area contributed by atoms with Crippen molar-refractivity contribution in [3.63, 3.8) is 0 Å². The van der Waals surface area contributed by atoms with E-state index < -0.39 is 48.3 Å². The fraction of sp³-hybridized carbons (Fsp3) is 0.333. The summed E-state index contributed by atoms with van der Waals surface area (Å²) >= 11 is 5.90. The number of halogens is 6. The first-order valence-electron chi connectivity index (χ1n) is 21.1. The van der Waals surface area contributed by atoms with Crippen LogP contribution < -0.4 is 37.2 Å². The molecule has 6 heterocycles. The van der Waals surface area contributed by atoms with Gasteiger partial charge in [-0.25, -0.2) is 9.97 Å². The van der Waals surface area contributed by atoms with Gasteiger partial charge in [0.05, 0.1) is 32.5 Å². The number of hydrogen-bond donors (Lipinski definition) is 5. The van der Waals surface area contributed by atoms with Crippen LogP contribution in [0.5, 0.6) is 0 Å². The number of nitrogens with two attached hydrogens (primary N) is 2. The molecule has 2 aliphatic rings.